The number of nitrogens with zero attached hydrogens (tertiary/aromatic N) is 4. The highest BCUT2D eigenvalue weighted by Gasteiger charge is 2.21. The second kappa shape index (κ2) is 8.38. The second-order valence-electron chi connectivity index (χ2n) is 8.01. The summed E-state index contributed by atoms with van der Waals surface area (Å²) in [6, 6.07) is 11.9. The smallest absolute Gasteiger partial charge is 0.408 e. The Bertz CT molecular complexity index is 1430. The topological polar surface area (TPSA) is 136 Å². The van der Waals surface area contributed by atoms with Gasteiger partial charge in [-0.15, -0.1) is 10.2 Å². The molecule has 0 saturated carbocycles. The van der Waals surface area contributed by atoms with Crippen molar-refractivity contribution in [2.45, 2.75) is 25.8 Å². The van der Waals surface area contributed by atoms with Crippen molar-refractivity contribution in [2.24, 2.45) is 0 Å². The van der Waals surface area contributed by atoms with Crippen molar-refractivity contribution < 1.29 is 14.0 Å². The van der Waals surface area contributed by atoms with Crippen molar-refractivity contribution in [3.63, 3.8) is 0 Å². The van der Waals surface area contributed by atoms with E-state index in [1.54, 1.807) is 41.3 Å². The Morgan fingerprint density at radius 3 is 2.67 bits per heavy atom. The normalized spacial score (nSPS) is 14.0. The molecule has 2 aromatic heterocycles. The largest absolute Gasteiger partial charge is 0.420 e. The Labute approximate surface area is 188 Å². The van der Waals surface area contributed by atoms with E-state index in [1.807, 2.05) is 6.07 Å². The predicted octanol–water partition coefficient (Wildman–Crippen LogP) is 2.38. The van der Waals surface area contributed by atoms with Crippen LogP contribution in [0.5, 0.6) is 0 Å². The zero-order valence-electron chi connectivity index (χ0n) is 17.8. The lowest BCUT2D eigenvalue weighted by atomic mass is 10.1. The molecule has 2 aromatic carbocycles. The Balaban J connectivity index is 1.42. The number of carbonyl (C=O) groups excluding carboxylic acids is 2. The molecule has 2 amide bonds. The third-order valence-electron chi connectivity index (χ3n) is 5.85. The maximum atomic E-state index is 12.8. The summed E-state index contributed by atoms with van der Waals surface area (Å²) >= 11 is 0. The van der Waals surface area contributed by atoms with E-state index < -0.39 is 11.7 Å². The molecule has 33 heavy (non-hydrogen) atoms. The molecule has 0 atom stereocenters. The molecule has 0 unspecified atom stereocenters. The molecule has 3 N–H and O–H groups in total. The van der Waals surface area contributed by atoms with Gasteiger partial charge in [0.25, 0.3) is 5.91 Å². The minimum atomic E-state index is -0.622. The molecule has 1 saturated heterocycles. The molecule has 1 aliphatic heterocycles. The van der Waals surface area contributed by atoms with Gasteiger partial charge in [-0.3, -0.25) is 14.2 Å². The van der Waals surface area contributed by atoms with Gasteiger partial charge in [-0.25, -0.2) is 4.79 Å². The third-order valence-corrected chi connectivity index (χ3v) is 5.85. The van der Waals surface area contributed by atoms with Crippen LogP contribution in [0.15, 0.2) is 51.7 Å². The number of aromatic nitrogens is 3. The molecule has 168 valence electrons. The number of benzene rings is 2. The van der Waals surface area contributed by atoms with Crippen LogP contribution >= 0.6 is 0 Å². The first-order valence-corrected chi connectivity index (χ1v) is 10.7. The summed E-state index contributed by atoms with van der Waals surface area (Å²) < 4.78 is 6.56. The molecule has 10 nitrogen and oxygen atoms in total. The number of carbonyl (C=O) groups is 2. The number of fused-ring (bicyclic) bond motifs is 2. The van der Waals surface area contributed by atoms with E-state index in [1.165, 1.54) is 4.57 Å². The molecule has 5 rings (SSSR count). The number of piperidine rings is 1. The van der Waals surface area contributed by atoms with Crippen LogP contribution in [0.25, 0.3) is 22.0 Å². The Morgan fingerprint density at radius 1 is 1.06 bits per heavy atom. The van der Waals surface area contributed by atoms with E-state index in [2.05, 4.69) is 15.5 Å². The van der Waals surface area contributed by atoms with Gasteiger partial charge in [0.1, 0.15) is 6.54 Å². The number of nitrogen functional groups attached to an aromatic ring is 1. The summed E-state index contributed by atoms with van der Waals surface area (Å²) in [6.07, 6.45) is 3.03. The lowest BCUT2D eigenvalue weighted by Crippen LogP contribution is -2.39. The molecule has 10 heteroatoms. The maximum absolute atomic E-state index is 12.8. The van der Waals surface area contributed by atoms with Crippen molar-refractivity contribution in [1.82, 2.24) is 19.7 Å². The van der Waals surface area contributed by atoms with Crippen LogP contribution in [0.2, 0.25) is 0 Å². The van der Waals surface area contributed by atoms with Crippen LogP contribution < -0.4 is 16.8 Å². The summed E-state index contributed by atoms with van der Waals surface area (Å²) in [4.78, 5) is 39.7. The summed E-state index contributed by atoms with van der Waals surface area (Å²) in [6.45, 7) is 1.27. The molecule has 1 aliphatic rings. The molecule has 0 bridgehead atoms. The number of anilines is 2. The van der Waals surface area contributed by atoms with Crippen molar-refractivity contribution in [3.05, 3.63) is 58.7 Å². The molecule has 0 radical (unpaired) electrons. The molecule has 3 heterocycles. The van der Waals surface area contributed by atoms with Gasteiger partial charge in [-0.05, 0) is 43.5 Å². The summed E-state index contributed by atoms with van der Waals surface area (Å²) in [5.41, 5.74) is 8.12. The van der Waals surface area contributed by atoms with Crippen LogP contribution in [0.4, 0.5) is 11.4 Å². The van der Waals surface area contributed by atoms with Gasteiger partial charge in [0.15, 0.2) is 11.3 Å². The number of oxazole rings is 1. The fraction of sp³-hybridized carbons (Fsp3) is 0.261. The highest BCUT2D eigenvalue weighted by molar-refractivity contribution is 6.10. The van der Waals surface area contributed by atoms with Crippen molar-refractivity contribution in [2.75, 3.05) is 24.1 Å². The van der Waals surface area contributed by atoms with Crippen LogP contribution in [0, 0.1) is 0 Å². The van der Waals surface area contributed by atoms with Crippen LogP contribution in [-0.4, -0.2) is 44.6 Å². The Kier molecular flexibility index (Phi) is 5.25. The highest BCUT2D eigenvalue weighted by atomic mass is 16.4. The molecule has 4 aromatic rings. The maximum Gasteiger partial charge on any atom is 0.420 e. The third kappa shape index (κ3) is 3.91. The number of nitrogens with one attached hydrogen (secondary N) is 1. The minimum absolute atomic E-state index is 0.00124. The van der Waals surface area contributed by atoms with E-state index in [9.17, 15) is 14.4 Å². The predicted molar refractivity (Wildman–Crippen MR) is 123 cm³/mol. The molecule has 1 fully saturated rings. The lowest BCUT2D eigenvalue weighted by Gasteiger charge is -2.26. The zero-order chi connectivity index (χ0) is 22.9. The number of amides is 2. The average molecular weight is 446 g/mol. The summed E-state index contributed by atoms with van der Waals surface area (Å²) in [5, 5.41) is 11.4. The molecular formula is C23H22N6O4. The van der Waals surface area contributed by atoms with Crippen LogP contribution in [0.1, 0.15) is 29.8 Å². The number of nitrogens with two attached hydrogens (primary N) is 1. The fourth-order valence-electron chi connectivity index (χ4n) is 4.10. The second-order valence-corrected chi connectivity index (χ2v) is 8.01. The first-order valence-electron chi connectivity index (χ1n) is 10.7. The minimum Gasteiger partial charge on any atom is -0.408 e. The van der Waals surface area contributed by atoms with Gasteiger partial charge >= 0.3 is 5.76 Å². The Morgan fingerprint density at radius 2 is 1.85 bits per heavy atom. The van der Waals surface area contributed by atoms with Crippen molar-refractivity contribution in [1.29, 1.82) is 0 Å². The van der Waals surface area contributed by atoms with Crippen LogP contribution in [0.3, 0.4) is 0 Å². The SMILES string of the molecule is Nc1c(C(=O)Nc2ccc3oc(=O)n(CC(=O)N4CCCCC4)c3c2)nnc2ccccc12. The number of hydrogen-bond acceptors (Lipinski definition) is 7. The van der Waals surface area contributed by atoms with E-state index in [4.69, 9.17) is 10.2 Å². The van der Waals surface area contributed by atoms with Gasteiger partial charge in [0, 0.05) is 24.2 Å². The summed E-state index contributed by atoms with van der Waals surface area (Å²) in [5.74, 6) is -1.29. The van der Waals surface area contributed by atoms with E-state index >= 15 is 0 Å². The molecule has 0 spiro atoms. The van der Waals surface area contributed by atoms with Gasteiger partial charge in [-0.2, -0.15) is 0 Å². The van der Waals surface area contributed by atoms with Gasteiger partial charge in [0.05, 0.1) is 16.7 Å². The molecule has 0 aliphatic carbocycles. The van der Waals surface area contributed by atoms with Crippen molar-refractivity contribution >= 4 is 45.2 Å². The fourth-order valence-corrected chi connectivity index (χ4v) is 4.10. The number of hydrogen-bond donors (Lipinski definition) is 2. The highest BCUT2D eigenvalue weighted by Crippen LogP contribution is 2.23. The number of likely N-dealkylation sites (tertiary alicyclic amines) is 1. The standard InChI is InChI=1S/C23H22N6O4/c24-20-15-6-2-3-7-16(15)26-27-21(20)22(31)25-14-8-9-18-17(12-14)29(23(32)33-18)13-19(30)28-10-4-1-5-11-28/h2-3,6-9,12H,1,4-5,10-11,13H2,(H2,24,26)(H,25,31). The van der Waals surface area contributed by atoms with Gasteiger partial charge < -0.3 is 20.4 Å². The van der Waals surface area contributed by atoms with Crippen LogP contribution in [-0.2, 0) is 11.3 Å². The summed E-state index contributed by atoms with van der Waals surface area (Å²) in [7, 11) is 0. The quantitative estimate of drug-likeness (QED) is 0.491. The average Bonchev–Trinajstić information content (AvgIpc) is 3.14. The van der Waals surface area contributed by atoms with E-state index in [-0.39, 0.29) is 23.8 Å². The van der Waals surface area contributed by atoms with E-state index in [0.29, 0.717) is 40.8 Å². The van der Waals surface area contributed by atoms with Gasteiger partial charge in [-0.1, -0.05) is 18.2 Å². The van der Waals surface area contributed by atoms with E-state index in [0.717, 1.165) is 19.3 Å². The molecular weight excluding hydrogens is 424 g/mol. The Hall–Kier alpha value is -4.21. The lowest BCUT2D eigenvalue weighted by molar-refractivity contribution is -0.132. The number of rotatable bonds is 4. The first kappa shape index (κ1) is 20.7. The zero-order valence-corrected chi connectivity index (χ0v) is 17.8. The van der Waals surface area contributed by atoms with Gasteiger partial charge in [0.2, 0.25) is 5.91 Å². The van der Waals surface area contributed by atoms with Crippen molar-refractivity contribution in [3.8, 4) is 0 Å². The first-order chi connectivity index (χ1) is 16.0. The monoisotopic (exact) mass is 446 g/mol.